The van der Waals surface area contributed by atoms with Crippen molar-refractivity contribution in [3.8, 4) is 0 Å². The summed E-state index contributed by atoms with van der Waals surface area (Å²) < 4.78 is 4.11. The Morgan fingerprint density at radius 2 is 1.62 bits per heavy atom. The molecule has 0 rings (SSSR count). The Labute approximate surface area is 50.0 Å². The molecule has 3 nitrogen and oxygen atoms in total. The quantitative estimate of drug-likeness (QED) is 0.457. The Morgan fingerprint density at radius 1 is 1.50 bits per heavy atom. The zero-order valence-corrected chi connectivity index (χ0v) is 5.82. The van der Waals surface area contributed by atoms with Crippen molar-refractivity contribution in [2.75, 3.05) is 21.2 Å². The van der Waals surface area contributed by atoms with Gasteiger partial charge in [0.1, 0.15) is 0 Å². The van der Waals surface area contributed by atoms with E-state index in [0.29, 0.717) is 0 Å². The summed E-state index contributed by atoms with van der Waals surface area (Å²) in [4.78, 5) is 9.59. The number of rotatable bonds is 0. The lowest BCUT2D eigenvalue weighted by Crippen LogP contribution is -1.89. The van der Waals surface area contributed by atoms with E-state index in [9.17, 15) is 4.79 Å². The predicted octanol–water partition coefficient (Wildman–Crippen LogP) is 0.0149. The van der Waals surface area contributed by atoms with Crippen LogP contribution in [0.5, 0.6) is 0 Å². The van der Waals surface area contributed by atoms with Gasteiger partial charge in [0, 0.05) is 6.92 Å². The van der Waals surface area contributed by atoms with Crippen LogP contribution in [-0.4, -0.2) is 27.2 Å². The summed E-state index contributed by atoms with van der Waals surface area (Å²) >= 11 is 0. The van der Waals surface area contributed by atoms with Crippen LogP contribution in [0, 0.1) is 0 Å². The molecular weight excluding hydrogens is 106 g/mol. The van der Waals surface area contributed by atoms with E-state index in [4.69, 9.17) is 0 Å². The first kappa shape index (κ1) is 10.4. The van der Waals surface area contributed by atoms with Crippen molar-refractivity contribution in [3.63, 3.8) is 0 Å². The molecule has 0 saturated carbocycles. The van der Waals surface area contributed by atoms with Gasteiger partial charge in [-0.1, -0.05) is 0 Å². The summed E-state index contributed by atoms with van der Waals surface area (Å²) in [5, 5.41) is 2.75. The lowest BCUT2D eigenvalue weighted by Gasteiger charge is -1.80. The minimum atomic E-state index is -0.245. The Morgan fingerprint density at radius 3 is 1.62 bits per heavy atom. The highest BCUT2D eigenvalue weighted by Crippen LogP contribution is 1.60. The first-order valence-electron chi connectivity index (χ1n) is 2.32. The number of hydrogen-bond donors (Lipinski definition) is 1. The molecule has 0 aliphatic rings. The monoisotopic (exact) mass is 119 g/mol. The molecule has 0 aromatic rings. The summed E-state index contributed by atoms with van der Waals surface area (Å²) in [6.07, 6.45) is 0. The van der Waals surface area contributed by atoms with Gasteiger partial charge in [-0.05, 0) is 14.1 Å². The molecule has 0 aliphatic heterocycles. The standard InChI is InChI=1S/C3H6O2.C2H7N/c1-3(4)5-2;1-3-2/h1-2H3;3H,1-2H3. The van der Waals surface area contributed by atoms with Crippen molar-refractivity contribution in [2.24, 2.45) is 0 Å². The first-order valence-corrected chi connectivity index (χ1v) is 2.32. The smallest absolute Gasteiger partial charge is 0.302 e. The van der Waals surface area contributed by atoms with Crippen LogP contribution in [0.25, 0.3) is 0 Å². The maximum absolute atomic E-state index is 9.59. The molecule has 0 aliphatic carbocycles. The largest absolute Gasteiger partial charge is 0.469 e. The number of carbonyl (C=O) groups excluding carboxylic acids is 1. The maximum atomic E-state index is 9.59. The van der Waals surface area contributed by atoms with E-state index in [1.807, 2.05) is 14.1 Å². The molecule has 0 aromatic heterocycles. The van der Waals surface area contributed by atoms with Crippen LogP contribution in [0.3, 0.4) is 0 Å². The van der Waals surface area contributed by atoms with Gasteiger partial charge >= 0.3 is 5.97 Å². The zero-order chi connectivity index (χ0) is 6.99. The minimum Gasteiger partial charge on any atom is -0.469 e. The Hall–Kier alpha value is -0.570. The molecule has 0 spiro atoms. The average Bonchev–Trinajstić information content (AvgIpc) is 1.69. The van der Waals surface area contributed by atoms with Gasteiger partial charge in [-0.2, -0.15) is 0 Å². The van der Waals surface area contributed by atoms with E-state index in [2.05, 4.69) is 10.1 Å². The predicted molar refractivity (Wildman–Crippen MR) is 32.7 cm³/mol. The number of nitrogens with one attached hydrogen (secondary N) is 1. The third kappa shape index (κ3) is 52.1. The average molecular weight is 119 g/mol. The fourth-order valence-electron chi connectivity index (χ4n) is 0. The molecule has 0 saturated heterocycles. The highest BCUT2D eigenvalue weighted by molar-refractivity contribution is 5.65. The van der Waals surface area contributed by atoms with Gasteiger partial charge in [-0.15, -0.1) is 0 Å². The van der Waals surface area contributed by atoms with Gasteiger partial charge in [0.25, 0.3) is 0 Å². The third-order valence-corrected chi connectivity index (χ3v) is 0.287. The minimum absolute atomic E-state index is 0.245. The molecule has 3 heteroatoms. The normalized spacial score (nSPS) is 6.50. The fraction of sp³-hybridized carbons (Fsp3) is 0.800. The van der Waals surface area contributed by atoms with Gasteiger partial charge < -0.3 is 10.1 Å². The van der Waals surface area contributed by atoms with Crippen molar-refractivity contribution >= 4 is 5.97 Å². The van der Waals surface area contributed by atoms with E-state index in [1.165, 1.54) is 14.0 Å². The van der Waals surface area contributed by atoms with Crippen molar-refractivity contribution in [1.82, 2.24) is 5.32 Å². The van der Waals surface area contributed by atoms with E-state index in [-0.39, 0.29) is 5.97 Å². The van der Waals surface area contributed by atoms with Crippen LogP contribution in [0.2, 0.25) is 0 Å². The lowest BCUT2D eigenvalue weighted by molar-refractivity contribution is -0.137. The molecule has 0 heterocycles. The topological polar surface area (TPSA) is 38.3 Å². The number of ether oxygens (including phenoxy) is 1. The number of carbonyl (C=O) groups is 1. The molecule has 50 valence electrons. The lowest BCUT2D eigenvalue weighted by atomic mass is 10.8. The molecular formula is C5H13NO2. The molecule has 8 heavy (non-hydrogen) atoms. The summed E-state index contributed by atoms with van der Waals surface area (Å²) in [5.41, 5.74) is 0. The molecule has 1 N–H and O–H groups in total. The fourth-order valence-corrected chi connectivity index (χ4v) is 0. The zero-order valence-electron chi connectivity index (χ0n) is 5.82. The molecule has 0 unspecified atom stereocenters. The first-order chi connectivity index (χ1) is 3.68. The van der Waals surface area contributed by atoms with Gasteiger partial charge in [0.2, 0.25) is 0 Å². The second kappa shape index (κ2) is 9.66. The van der Waals surface area contributed by atoms with Crippen LogP contribution in [-0.2, 0) is 9.53 Å². The molecule has 0 aromatic carbocycles. The van der Waals surface area contributed by atoms with Crippen molar-refractivity contribution in [3.05, 3.63) is 0 Å². The van der Waals surface area contributed by atoms with Crippen molar-refractivity contribution in [2.45, 2.75) is 6.92 Å². The maximum Gasteiger partial charge on any atom is 0.302 e. The molecule has 0 fully saturated rings. The Bertz CT molecular complexity index is 54.4. The van der Waals surface area contributed by atoms with Crippen LogP contribution in [0.1, 0.15) is 6.92 Å². The summed E-state index contributed by atoms with van der Waals surface area (Å²) in [6.45, 7) is 1.36. The molecule has 0 radical (unpaired) electrons. The Kier molecular flexibility index (Phi) is 12.6. The van der Waals surface area contributed by atoms with Crippen LogP contribution in [0.15, 0.2) is 0 Å². The number of hydrogen-bond acceptors (Lipinski definition) is 3. The van der Waals surface area contributed by atoms with Crippen molar-refractivity contribution in [1.29, 1.82) is 0 Å². The van der Waals surface area contributed by atoms with Crippen molar-refractivity contribution < 1.29 is 9.53 Å². The van der Waals surface area contributed by atoms with Gasteiger partial charge in [-0.25, -0.2) is 0 Å². The molecule has 0 bridgehead atoms. The van der Waals surface area contributed by atoms with E-state index < -0.39 is 0 Å². The van der Waals surface area contributed by atoms with E-state index in [0.717, 1.165) is 0 Å². The van der Waals surface area contributed by atoms with Crippen LogP contribution >= 0.6 is 0 Å². The highest BCUT2D eigenvalue weighted by atomic mass is 16.5. The van der Waals surface area contributed by atoms with E-state index in [1.54, 1.807) is 0 Å². The van der Waals surface area contributed by atoms with Gasteiger partial charge in [0.05, 0.1) is 7.11 Å². The van der Waals surface area contributed by atoms with Gasteiger partial charge in [-0.3, -0.25) is 4.79 Å². The third-order valence-electron chi connectivity index (χ3n) is 0.287. The highest BCUT2D eigenvalue weighted by Gasteiger charge is 1.75. The molecule has 0 atom stereocenters. The van der Waals surface area contributed by atoms with Gasteiger partial charge in [0.15, 0.2) is 0 Å². The SMILES string of the molecule is CNC.COC(C)=O. The second-order valence-electron chi connectivity index (χ2n) is 1.20. The summed E-state index contributed by atoms with van der Waals surface area (Å²) in [5.74, 6) is -0.245. The van der Waals surface area contributed by atoms with Crippen LogP contribution in [0.4, 0.5) is 0 Å². The Balaban J connectivity index is 0. The molecule has 0 amide bonds. The van der Waals surface area contributed by atoms with Crippen LogP contribution < -0.4 is 5.32 Å². The number of methoxy groups -OCH3 is 1. The second-order valence-corrected chi connectivity index (χ2v) is 1.20. The summed E-state index contributed by atoms with van der Waals surface area (Å²) in [7, 11) is 5.10. The summed E-state index contributed by atoms with van der Waals surface area (Å²) in [6, 6.07) is 0. The van der Waals surface area contributed by atoms with E-state index >= 15 is 0 Å². The number of esters is 1.